The summed E-state index contributed by atoms with van der Waals surface area (Å²) < 4.78 is 28.0. The molecule has 1 saturated carbocycles. The molecule has 2 aliphatic rings. The molecule has 42 heavy (non-hydrogen) atoms. The van der Waals surface area contributed by atoms with Crippen molar-refractivity contribution in [2.45, 2.75) is 56.3 Å². The van der Waals surface area contributed by atoms with Crippen molar-refractivity contribution >= 4 is 45.0 Å². The molecule has 1 aromatic heterocycles. The number of carbonyl (C=O) groups is 2. The van der Waals surface area contributed by atoms with Crippen LogP contribution in [0.2, 0.25) is 10.0 Å². The van der Waals surface area contributed by atoms with Crippen molar-refractivity contribution in [1.82, 2.24) is 15.1 Å². The van der Waals surface area contributed by atoms with Gasteiger partial charge < -0.3 is 10.1 Å². The highest BCUT2D eigenvalue weighted by molar-refractivity contribution is 7.88. The molecule has 222 valence electrons. The van der Waals surface area contributed by atoms with Crippen LogP contribution in [0.15, 0.2) is 67.0 Å². The third-order valence-corrected chi connectivity index (χ3v) is 8.97. The summed E-state index contributed by atoms with van der Waals surface area (Å²) in [5, 5.41) is 12.0. The molecule has 1 fully saturated rings. The third-order valence-electron chi connectivity index (χ3n) is 7.67. The van der Waals surface area contributed by atoms with E-state index in [1.165, 1.54) is 12.4 Å². The molecule has 0 bridgehead atoms. The highest BCUT2D eigenvalue weighted by Gasteiger charge is 2.49. The first kappa shape index (κ1) is 30.2. The summed E-state index contributed by atoms with van der Waals surface area (Å²) in [5.74, 6) is -1.80. The van der Waals surface area contributed by atoms with Crippen molar-refractivity contribution in [3.05, 3.63) is 104 Å². The van der Waals surface area contributed by atoms with Gasteiger partial charge in [0.2, 0.25) is 10.0 Å². The molecular weight excluding hydrogens is 603 g/mol. The number of halogens is 2. The zero-order valence-corrected chi connectivity index (χ0v) is 25.0. The number of hydrogen-bond donors (Lipinski definition) is 2. The van der Waals surface area contributed by atoms with E-state index in [0.717, 1.165) is 19.1 Å². The SMILES string of the molecule is CS(=O)(=O)N[C@H]1CCCCC1N1C(=O)c2ccccc2[C@@H](C(=O)NOCc2cc[n+]([O-])cc2)[C@@H]1c1ccc(Cl)cc1Cl. The van der Waals surface area contributed by atoms with Gasteiger partial charge in [-0.3, -0.25) is 14.4 Å². The van der Waals surface area contributed by atoms with Gasteiger partial charge in [-0.15, -0.1) is 0 Å². The van der Waals surface area contributed by atoms with E-state index in [2.05, 4.69) is 10.2 Å². The van der Waals surface area contributed by atoms with Crippen LogP contribution in [0.3, 0.4) is 0 Å². The highest BCUT2D eigenvalue weighted by Crippen LogP contribution is 2.47. The molecule has 5 rings (SSSR count). The molecule has 1 unspecified atom stereocenters. The number of fused-ring (bicyclic) bond motifs is 1. The summed E-state index contributed by atoms with van der Waals surface area (Å²) >= 11 is 12.9. The van der Waals surface area contributed by atoms with E-state index >= 15 is 0 Å². The Morgan fingerprint density at radius 2 is 1.79 bits per heavy atom. The minimum absolute atomic E-state index is 0.00105. The first-order chi connectivity index (χ1) is 20.0. The van der Waals surface area contributed by atoms with Gasteiger partial charge in [0, 0.05) is 39.8 Å². The molecule has 0 spiro atoms. The van der Waals surface area contributed by atoms with Crippen LogP contribution in [0.4, 0.5) is 0 Å². The van der Waals surface area contributed by atoms with Crippen LogP contribution >= 0.6 is 23.2 Å². The van der Waals surface area contributed by atoms with Crippen molar-refractivity contribution in [3.8, 4) is 0 Å². The van der Waals surface area contributed by atoms with E-state index < -0.39 is 40.0 Å². The summed E-state index contributed by atoms with van der Waals surface area (Å²) in [4.78, 5) is 35.5. The van der Waals surface area contributed by atoms with Crippen LogP contribution in [0, 0.1) is 5.21 Å². The van der Waals surface area contributed by atoms with Crippen LogP contribution in [-0.4, -0.2) is 43.5 Å². The molecule has 13 heteroatoms. The van der Waals surface area contributed by atoms with E-state index in [9.17, 15) is 23.2 Å². The van der Waals surface area contributed by atoms with E-state index in [4.69, 9.17) is 28.0 Å². The Kier molecular flexibility index (Phi) is 9.05. The normalized spacial score (nSPS) is 22.5. The van der Waals surface area contributed by atoms with Crippen molar-refractivity contribution in [3.63, 3.8) is 0 Å². The number of hydroxylamine groups is 1. The molecule has 10 nitrogen and oxygen atoms in total. The van der Waals surface area contributed by atoms with Crippen molar-refractivity contribution in [2.24, 2.45) is 0 Å². The fourth-order valence-electron chi connectivity index (χ4n) is 5.92. The van der Waals surface area contributed by atoms with Gasteiger partial charge in [0.1, 0.15) is 6.61 Å². The molecule has 3 aromatic rings. The standard InChI is InChI=1S/C29H30Cl2N4O6S/c1-42(39,40)33-24-8-4-5-9-25(24)35-27(22-11-10-19(30)16-23(22)31)26(20-6-2-3-7-21(20)29(35)37)28(36)32-41-17-18-12-14-34(38)15-13-18/h2-3,6-7,10-16,24-27,33H,4-5,8-9,17H2,1H3,(H,32,36)/t24-,25?,26+,27-/m0/s1. The molecule has 2 heterocycles. The number of rotatable bonds is 8. The second-order valence-corrected chi connectivity index (χ2v) is 13.2. The lowest BCUT2D eigenvalue weighted by molar-refractivity contribution is -0.605. The molecule has 4 atom stereocenters. The maximum absolute atomic E-state index is 14.3. The van der Waals surface area contributed by atoms with Gasteiger partial charge in [-0.05, 0) is 47.7 Å². The van der Waals surface area contributed by atoms with Crippen LogP contribution < -0.4 is 14.9 Å². The average molecular weight is 634 g/mol. The number of pyridine rings is 1. The average Bonchev–Trinajstić information content (AvgIpc) is 2.94. The molecule has 0 saturated heterocycles. The van der Waals surface area contributed by atoms with Crippen molar-refractivity contribution in [2.75, 3.05) is 6.26 Å². The van der Waals surface area contributed by atoms with Gasteiger partial charge in [0.05, 0.1) is 18.2 Å². The Bertz CT molecular complexity index is 1590. The summed E-state index contributed by atoms with van der Waals surface area (Å²) in [6.07, 6.45) is 6.37. The van der Waals surface area contributed by atoms with Gasteiger partial charge in [0.25, 0.3) is 11.8 Å². The maximum atomic E-state index is 14.3. The second-order valence-electron chi connectivity index (χ2n) is 10.6. The number of nitrogens with zero attached hydrogens (tertiary/aromatic N) is 2. The van der Waals surface area contributed by atoms with Gasteiger partial charge in [-0.1, -0.05) is 60.3 Å². The number of carbonyl (C=O) groups excluding carboxylic acids is 2. The zero-order chi connectivity index (χ0) is 30.0. The number of benzene rings is 2. The maximum Gasteiger partial charge on any atom is 0.255 e. The predicted molar refractivity (Wildman–Crippen MR) is 157 cm³/mol. The number of amides is 2. The summed E-state index contributed by atoms with van der Waals surface area (Å²) in [5.41, 5.74) is 4.52. The topological polar surface area (TPSA) is 132 Å². The second kappa shape index (κ2) is 12.6. The van der Waals surface area contributed by atoms with Gasteiger partial charge in [-0.2, -0.15) is 4.73 Å². The molecule has 1 aliphatic heterocycles. The van der Waals surface area contributed by atoms with Crippen LogP contribution in [0.1, 0.15) is 64.7 Å². The van der Waals surface area contributed by atoms with Gasteiger partial charge in [-0.25, -0.2) is 18.6 Å². The molecule has 2 N–H and O–H groups in total. The van der Waals surface area contributed by atoms with E-state index in [-0.39, 0.29) is 17.5 Å². The third kappa shape index (κ3) is 6.55. The number of sulfonamides is 1. The Morgan fingerprint density at radius 3 is 2.50 bits per heavy atom. The lowest BCUT2D eigenvalue weighted by Crippen LogP contribution is -2.59. The van der Waals surface area contributed by atoms with Crippen LogP contribution in [0.5, 0.6) is 0 Å². The van der Waals surface area contributed by atoms with E-state index in [1.54, 1.807) is 59.5 Å². The molecule has 0 radical (unpaired) electrons. The predicted octanol–water partition coefficient (Wildman–Crippen LogP) is 4.02. The first-order valence-electron chi connectivity index (χ1n) is 13.5. The molecule has 2 aromatic carbocycles. The van der Waals surface area contributed by atoms with E-state index in [0.29, 0.717) is 44.8 Å². The van der Waals surface area contributed by atoms with Crippen LogP contribution in [0.25, 0.3) is 0 Å². The minimum atomic E-state index is -3.59. The Labute approximate surface area is 254 Å². The van der Waals surface area contributed by atoms with Gasteiger partial charge >= 0.3 is 0 Å². The molecule has 1 aliphatic carbocycles. The first-order valence-corrected chi connectivity index (χ1v) is 16.1. The number of hydrogen-bond acceptors (Lipinski definition) is 6. The van der Waals surface area contributed by atoms with E-state index in [1.807, 2.05) is 0 Å². The molecular formula is C29H30Cl2N4O6S. The smallest absolute Gasteiger partial charge is 0.255 e. The summed E-state index contributed by atoms with van der Waals surface area (Å²) in [6.45, 7) is -0.00105. The van der Waals surface area contributed by atoms with Crippen molar-refractivity contribution < 1.29 is 27.6 Å². The van der Waals surface area contributed by atoms with Crippen molar-refractivity contribution in [1.29, 1.82) is 0 Å². The fourth-order valence-corrected chi connectivity index (χ4v) is 7.27. The Hall–Kier alpha value is -3.22. The lowest BCUT2D eigenvalue weighted by atomic mass is 9.76. The number of nitrogens with one attached hydrogen (secondary N) is 2. The van der Waals surface area contributed by atoms with Crippen LogP contribution in [-0.2, 0) is 26.3 Å². The quantitative estimate of drug-likeness (QED) is 0.219. The highest BCUT2D eigenvalue weighted by atomic mass is 35.5. The fraction of sp³-hybridized carbons (Fsp3) is 0.345. The number of aromatic nitrogens is 1. The summed E-state index contributed by atoms with van der Waals surface area (Å²) in [7, 11) is -3.59. The van der Waals surface area contributed by atoms with Gasteiger partial charge in [0.15, 0.2) is 12.4 Å². The minimum Gasteiger partial charge on any atom is -0.619 e. The Morgan fingerprint density at radius 1 is 1.07 bits per heavy atom. The largest absolute Gasteiger partial charge is 0.619 e. The monoisotopic (exact) mass is 632 g/mol. The molecule has 2 amide bonds. The Balaban J connectivity index is 1.58. The zero-order valence-electron chi connectivity index (χ0n) is 22.7. The summed E-state index contributed by atoms with van der Waals surface area (Å²) in [6, 6.07) is 12.9. The lowest BCUT2D eigenvalue weighted by Gasteiger charge is -2.49.